The van der Waals surface area contributed by atoms with E-state index in [0.717, 1.165) is 24.8 Å². The van der Waals surface area contributed by atoms with E-state index in [4.69, 9.17) is 5.73 Å². The van der Waals surface area contributed by atoms with Crippen molar-refractivity contribution >= 4 is 0 Å². The van der Waals surface area contributed by atoms with Gasteiger partial charge in [-0.3, -0.25) is 0 Å². The molecule has 2 nitrogen and oxygen atoms in total. The molecular weight excluding hydrogens is 208 g/mol. The summed E-state index contributed by atoms with van der Waals surface area (Å²) in [5.74, 6) is 1.47. The van der Waals surface area contributed by atoms with Crippen LogP contribution in [0.25, 0.3) is 0 Å². The smallest absolute Gasteiger partial charge is 0.00998 e. The maximum Gasteiger partial charge on any atom is 0.00998 e. The molecule has 1 atom stereocenters. The molecule has 17 heavy (non-hydrogen) atoms. The summed E-state index contributed by atoms with van der Waals surface area (Å²) in [6.07, 6.45) is 1.10. The molecule has 104 valence electrons. The van der Waals surface area contributed by atoms with Crippen LogP contribution in [-0.4, -0.2) is 30.6 Å². The Kier molecular flexibility index (Phi) is 7.34. The summed E-state index contributed by atoms with van der Waals surface area (Å²) in [6.45, 7) is 19.4. The molecule has 0 aromatic heterocycles. The van der Waals surface area contributed by atoms with E-state index in [-0.39, 0.29) is 5.41 Å². The maximum absolute atomic E-state index is 6.23. The van der Waals surface area contributed by atoms with E-state index in [2.05, 4.69) is 53.4 Å². The Hall–Kier alpha value is -0.0800. The average molecular weight is 242 g/mol. The Bertz CT molecular complexity index is 182. The van der Waals surface area contributed by atoms with Crippen LogP contribution < -0.4 is 5.73 Å². The first kappa shape index (κ1) is 16.9. The van der Waals surface area contributed by atoms with E-state index >= 15 is 0 Å². The second-order valence-electron chi connectivity index (χ2n) is 7.31. The largest absolute Gasteiger partial charge is 0.327 e. The molecule has 0 bridgehead atoms. The Morgan fingerprint density at radius 2 is 1.35 bits per heavy atom. The molecule has 0 rings (SSSR count). The zero-order chi connectivity index (χ0) is 13.6. The molecule has 0 aliphatic carbocycles. The van der Waals surface area contributed by atoms with E-state index < -0.39 is 0 Å². The summed E-state index contributed by atoms with van der Waals surface area (Å²) in [6, 6.07) is 0.296. The van der Waals surface area contributed by atoms with Crippen LogP contribution >= 0.6 is 0 Å². The minimum atomic E-state index is 0.224. The van der Waals surface area contributed by atoms with Gasteiger partial charge in [0.15, 0.2) is 0 Å². The molecule has 0 saturated heterocycles. The van der Waals surface area contributed by atoms with E-state index in [1.54, 1.807) is 0 Å². The van der Waals surface area contributed by atoms with Gasteiger partial charge in [-0.05, 0) is 30.2 Å². The summed E-state index contributed by atoms with van der Waals surface area (Å²) < 4.78 is 0. The number of nitrogens with zero attached hydrogens (tertiary/aromatic N) is 1. The van der Waals surface area contributed by atoms with Crippen molar-refractivity contribution in [2.45, 2.75) is 60.9 Å². The third kappa shape index (κ3) is 8.62. The van der Waals surface area contributed by atoms with Crippen LogP contribution in [-0.2, 0) is 0 Å². The van der Waals surface area contributed by atoms with Crippen molar-refractivity contribution in [3.8, 4) is 0 Å². The lowest BCUT2D eigenvalue weighted by molar-refractivity contribution is 0.193. The van der Waals surface area contributed by atoms with Gasteiger partial charge in [0, 0.05) is 19.1 Å². The van der Waals surface area contributed by atoms with Crippen molar-refractivity contribution in [2.75, 3.05) is 19.6 Å². The monoisotopic (exact) mass is 242 g/mol. The minimum absolute atomic E-state index is 0.224. The van der Waals surface area contributed by atoms with Crippen LogP contribution in [0, 0.1) is 17.3 Å². The van der Waals surface area contributed by atoms with Gasteiger partial charge in [-0.2, -0.15) is 0 Å². The van der Waals surface area contributed by atoms with Crippen LogP contribution in [0.15, 0.2) is 0 Å². The van der Waals surface area contributed by atoms with Crippen molar-refractivity contribution in [1.29, 1.82) is 0 Å². The standard InChI is InChI=1S/C15H34N2/c1-12(2)10-17(11-13(3)4)9-8-14(16)15(5,6)7/h12-14H,8-11,16H2,1-7H3. The Balaban J connectivity index is 4.15. The second-order valence-corrected chi connectivity index (χ2v) is 7.31. The zero-order valence-corrected chi connectivity index (χ0v) is 13.1. The van der Waals surface area contributed by atoms with Crippen molar-refractivity contribution in [3.05, 3.63) is 0 Å². The van der Waals surface area contributed by atoms with E-state index in [1.165, 1.54) is 13.1 Å². The normalized spacial score (nSPS) is 15.0. The van der Waals surface area contributed by atoms with Crippen LogP contribution in [0.3, 0.4) is 0 Å². The maximum atomic E-state index is 6.23. The van der Waals surface area contributed by atoms with Crippen LogP contribution in [0.4, 0.5) is 0 Å². The molecule has 2 N–H and O–H groups in total. The first-order valence-corrected chi connectivity index (χ1v) is 7.10. The first-order valence-electron chi connectivity index (χ1n) is 7.10. The minimum Gasteiger partial charge on any atom is -0.327 e. The highest BCUT2D eigenvalue weighted by molar-refractivity contribution is 4.78. The Labute approximate surface area is 109 Å². The van der Waals surface area contributed by atoms with Gasteiger partial charge in [0.05, 0.1) is 0 Å². The molecule has 0 aliphatic rings. The molecule has 0 aromatic carbocycles. The van der Waals surface area contributed by atoms with Crippen molar-refractivity contribution in [2.24, 2.45) is 23.0 Å². The van der Waals surface area contributed by atoms with Gasteiger partial charge >= 0.3 is 0 Å². The number of hydrogen-bond donors (Lipinski definition) is 1. The highest BCUT2D eigenvalue weighted by Crippen LogP contribution is 2.20. The molecule has 1 unspecified atom stereocenters. The van der Waals surface area contributed by atoms with Gasteiger partial charge in [-0.25, -0.2) is 0 Å². The fourth-order valence-corrected chi connectivity index (χ4v) is 2.04. The fraction of sp³-hybridized carbons (Fsp3) is 1.00. The lowest BCUT2D eigenvalue weighted by Gasteiger charge is -2.31. The number of rotatable bonds is 7. The third-order valence-electron chi connectivity index (χ3n) is 3.12. The summed E-state index contributed by atoms with van der Waals surface area (Å²) >= 11 is 0. The van der Waals surface area contributed by atoms with E-state index in [0.29, 0.717) is 6.04 Å². The van der Waals surface area contributed by atoms with Crippen molar-refractivity contribution < 1.29 is 0 Å². The molecule has 0 radical (unpaired) electrons. The molecule has 0 fully saturated rings. The quantitative estimate of drug-likeness (QED) is 0.742. The van der Waals surface area contributed by atoms with Crippen LogP contribution in [0.1, 0.15) is 54.9 Å². The summed E-state index contributed by atoms with van der Waals surface area (Å²) in [5, 5.41) is 0. The summed E-state index contributed by atoms with van der Waals surface area (Å²) in [5.41, 5.74) is 6.46. The fourth-order valence-electron chi connectivity index (χ4n) is 2.04. The van der Waals surface area contributed by atoms with Gasteiger partial charge in [0.25, 0.3) is 0 Å². The molecule has 0 heterocycles. The SMILES string of the molecule is CC(C)CN(CCC(N)C(C)(C)C)CC(C)C. The van der Waals surface area contributed by atoms with E-state index in [9.17, 15) is 0 Å². The summed E-state index contributed by atoms with van der Waals surface area (Å²) in [4.78, 5) is 2.57. The van der Waals surface area contributed by atoms with Crippen molar-refractivity contribution in [1.82, 2.24) is 4.90 Å². The van der Waals surface area contributed by atoms with Gasteiger partial charge in [0.1, 0.15) is 0 Å². The Morgan fingerprint density at radius 3 is 1.65 bits per heavy atom. The topological polar surface area (TPSA) is 29.3 Å². The highest BCUT2D eigenvalue weighted by atomic mass is 15.1. The molecule has 2 heteroatoms. The molecular formula is C15H34N2. The highest BCUT2D eigenvalue weighted by Gasteiger charge is 2.21. The van der Waals surface area contributed by atoms with Gasteiger partial charge < -0.3 is 10.6 Å². The molecule has 0 amide bonds. The number of hydrogen-bond acceptors (Lipinski definition) is 2. The molecule has 0 aliphatic heterocycles. The molecule has 0 spiro atoms. The predicted molar refractivity (Wildman–Crippen MR) is 78.2 cm³/mol. The first-order chi connectivity index (χ1) is 7.62. The van der Waals surface area contributed by atoms with E-state index in [1.807, 2.05) is 0 Å². The third-order valence-corrected chi connectivity index (χ3v) is 3.12. The van der Waals surface area contributed by atoms with Crippen molar-refractivity contribution in [3.63, 3.8) is 0 Å². The van der Waals surface area contributed by atoms with Crippen LogP contribution in [0.5, 0.6) is 0 Å². The Morgan fingerprint density at radius 1 is 0.941 bits per heavy atom. The van der Waals surface area contributed by atoms with Gasteiger partial charge in [0.2, 0.25) is 0 Å². The van der Waals surface area contributed by atoms with Gasteiger partial charge in [-0.1, -0.05) is 48.5 Å². The summed E-state index contributed by atoms with van der Waals surface area (Å²) in [7, 11) is 0. The van der Waals surface area contributed by atoms with Gasteiger partial charge in [-0.15, -0.1) is 0 Å². The lowest BCUT2D eigenvalue weighted by atomic mass is 9.85. The predicted octanol–water partition coefficient (Wildman–Crippen LogP) is 3.36. The van der Waals surface area contributed by atoms with Crippen LogP contribution in [0.2, 0.25) is 0 Å². The lowest BCUT2D eigenvalue weighted by Crippen LogP contribution is -2.40. The average Bonchev–Trinajstić information content (AvgIpc) is 2.10. The number of nitrogens with two attached hydrogens (primary N) is 1. The zero-order valence-electron chi connectivity index (χ0n) is 13.1. The second kappa shape index (κ2) is 7.38. The molecule has 0 aromatic rings. The molecule has 0 saturated carbocycles.